The summed E-state index contributed by atoms with van der Waals surface area (Å²) in [7, 11) is -3.68. The summed E-state index contributed by atoms with van der Waals surface area (Å²) in [6, 6.07) is 10.9. The van der Waals surface area contributed by atoms with Gasteiger partial charge in [-0.15, -0.1) is 0 Å². The van der Waals surface area contributed by atoms with Gasteiger partial charge in [0.15, 0.2) is 0 Å². The molecule has 1 aromatic carbocycles. The molecule has 1 amide bonds. The normalized spacial score (nSPS) is 31.2. The van der Waals surface area contributed by atoms with Gasteiger partial charge in [-0.1, -0.05) is 6.07 Å². The highest BCUT2D eigenvalue weighted by Crippen LogP contribution is 2.56. The Morgan fingerprint density at radius 2 is 1.89 bits per heavy atom. The van der Waals surface area contributed by atoms with E-state index >= 15 is 0 Å². The SMILES string of the molecule is O=C(Nc1ccc(S(=O)(=O)N2C[C@@H]3C[C@H]4C[C@H]3[C@H]2[C@H]4O)cc1)c1ccccn1. The number of fused-ring (bicyclic) bond motifs is 1. The van der Waals surface area contributed by atoms with Crippen molar-refractivity contribution in [2.24, 2.45) is 17.8 Å². The zero-order valence-corrected chi connectivity index (χ0v) is 15.9. The van der Waals surface area contributed by atoms with Crippen molar-refractivity contribution >= 4 is 21.6 Å². The second-order valence-corrected chi connectivity index (χ2v) is 9.80. The van der Waals surface area contributed by atoms with Gasteiger partial charge in [-0.2, -0.15) is 4.31 Å². The van der Waals surface area contributed by atoms with Crippen molar-refractivity contribution in [3.05, 3.63) is 54.4 Å². The molecule has 0 radical (unpaired) electrons. The molecule has 5 rings (SSSR count). The third-order valence-corrected chi connectivity index (χ3v) is 8.30. The summed E-state index contributed by atoms with van der Waals surface area (Å²) in [5.41, 5.74) is 0.786. The summed E-state index contributed by atoms with van der Waals surface area (Å²) in [4.78, 5) is 16.4. The van der Waals surface area contributed by atoms with Crippen LogP contribution in [0, 0.1) is 17.8 Å². The van der Waals surface area contributed by atoms with Crippen molar-refractivity contribution in [3.63, 3.8) is 0 Å². The monoisotopic (exact) mass is 399 g/mol. The van der Waals surface area contributed by atoms with E-state index in [1.54, 1.807) is 30.3 Å². The van der Waals surface area contributed by atoms with Crippen LogP contribution in [0.4, 0.5) is 5.69 Å². The van der Waals surface area contributed by atoms with Gasteiger partial charge in [0, 0.05) is 18.4 Å². The number of carbonyl (C=O) groups is 1. The zero-order valence-electron chi connectivity index (χ0n) is 15.1. The number of rotatable bonds is 4. The molecule has 2 aromatic rings. The van der Waals surface area contributed by atoms with E-state index in [2.05, 4.69) is 10.3 Å². The number of amides is 1. The maximum Gasteiger partial charge on any atom is 0.274 e. The Kier molecular flexibility index (Phi) is 4.04. The van der Waals surface area contributed by atoms with Crippen LogP contribution in [-0.2, 0) is 10.0 Å². The minimum absolute atomic E-state index is 0.181. The second-order valence-electron chi connectivity index (χ2n) is 7.90. The first-order valence-electron chi connectivity index (χ1n) is 9.47. The average Bonchev–Trinajstić information content (AvgIpc) is 3.32. The number of nitrogens with zero attached hydrogens (tertiary/aromatic N) is 2. The van der Waals surface area contributed by atoms with Crippen LogP contribution in [0.25, 0.3) is 0 Å². The summed E-state index contributed by atoms with van der Waals surface area (Å²) in [6.07, 6.45) is 2.83. The third-order valence-electron chi connectivity index (χ3n) is 6.42. The predicted octanol–water partition coefficient (Wildman–Crippen LogP) is 1.72. The molecule has 3 aliphatic rings. The standard InChI is InChI=1S/C20H21N3O4S/c24-19-12-9-13-11-23(18(19)16(13)10-12)28(26,27)15-6-4-14(5-7-15)22-20(25)17-3-1-2-8-21-17/h1-8,12-13,16,18-19,24H,9-11H2,(H,22,25)/t12-,13-,16+,18-,19-/m0/s1. The summed E-state index contributed by atoms with van der Waals surface area (Å²) >= 11 is 0. The predicted molar refractivity (Wildman–Crippen MR) is 102 cm³/mol. The third kappa shape index (κ3) is 2.67. The van der Waals surface area contributed by atoms with E-state index in [4.69, 9.17) is 0 Å². The topological polar surface area (TPSA) is 99.6 Å². The lowest BCUT2D eigenvalue weighted by molar-refractivity contribution is 0.0731. The molecule has 1 saturated heterocycles. The van der Waals surface area contributed by atoms with Crippen molar-refractivity contribution in [3.8, 4) is 0 Å². The van der Waals surface area contributed by atoms with Crippen LogP contribution < -0.4 is 5.32 Å². The lowest BCUT2D eigenvalue weighted by atomic mass is 9.88. The molecule has 0 unspecified atom stereocenters. The smallest absolute Gasteiger partial charge is 0.274 e. The first-order chi connectivity index (χ1) is 13.4. The molecule has 1 aromatic heterocycles. The summed E-state index contributed by atoms with van der Waals surface area (Å²) in [5, 5.41) is 13.2. The van der Waals surface area contributed by atoms with Crippen molar-refractivity contribution in [2.75, 3.05) is 11.9 Å². The van der Waals surface area contributed by atoms with Gasteiger partial charge in [0.2, 0.25) is 10.0 Å². The quantitative estimate of drug-likeness (QED) is 0.816. The zero-order chi connectivity index (χ0) is 19.5. The Morgan fingerprint density at radius 1 is 1.11 bits per heavy atom. The Bertz CT molecular complexity index is 1010. The summed E-state index contributed by atoms with van der Waals surface area (Å²) in [6.45, 7) is 0.489. The minimum Gasteiger partial charge on any atom is -0.391 e. The van der Waals surface area contributed by atoms with Gasteiger partial charge in [-0.3, -0.25) is 9.78 Å². The average molecular weight is 399 g/mol. The Hall–Kier alpha value is -2.29. The number of hydrogen-bond donors (Lipinski definition) is 2. The highest BCUT2D eigenvalue weighted by Gasteiger charge is 2.61. The largest absolute Gasteiger partial charge is 0.391 e. The fourth-order valence-corrected chi connectivity index (χ4v) is 6.91. The molecule has 2 N–H and O–H groups in total. The fourth-order valence-electron chi connectivity index (χ4n) is 5.17. The molecule has 1 aliphatic heterocycles. The number of anilines is 1. The fraction of sp³-hybridized carbons (Fsp3) is 0.400. The van der Waals surface area contributed by atoms with Crippen LogP contribution >= 0.6 is 0 Å². The molecular weight excluding hydrogens is 378 g/mol. The molecule has 7 nitrogen and oxygen atoms in total. The van der Waals surface area contributed by atoms with Gasteiger partial charge in [0.25, 0.3) is 5.91 Å². The van der Waals surface area contributed by atoms with Crippen LogP contribution in [-0.4, -0.2) is 47.4 Å². The van der Waals surface area contributed by atoms with Crippen LogP contribution in [0.5, 0.6) is 0 Å². The van der Waals surface area contributed by atoms with Crippen LogP contribution in [0.2, 0.25) is 0 Å². The van der Waals surface area contributed by atoms with Gasteiger partial charge in [-0.25, -0.2) is 8.42 Å². The van der Waals surface area contributed by atoms with Crippen molar-refractivity contribution in [2.45, 2.75) is 29.9 Å². The van der Waals surface area contributed by atoms with E-state index < -0.39 is 16.1 Å². The van der Waals surface area contributed by atoms with E-state index in [0.717, 1.165) is 12.8 Å². The number of aromatic nitrogens is 1. The number of pyridine rings is 1. The van der Waals surface area contributed by atoms with Gasteiger partial charge in [-0.05, 0) is 67.0 Å². The van der Waals surface area contributed by atoms with E-state index in [0.29, 0.717) is 18.2 Å². The first kappa shape index (κ1) is 17.8. The molecule has 5 atom stereocenters. The van der Waals surface area contributed by atoms with Crippen LogP contribution in [0.1, 0.15) is 23.3 Å². The van der Waals surface area contributed by atoms with Crippen molar-refractivity contribution < 1.29 is 18.3 Å². The van der Waals surface area contributed by atoms with Crippen LogP contribution in [0.15, 0.2) is 53.6 Å². The van der Waals surface area contributed by atoms with Gasteiger partial charge in [0.05, 0.1) is 17.0 Å². The number of aliphatic hydroxyl groups excluding tert-OH is 1. The number of aliphatic hydroxyl groups is 1. The molecular formula is C20H21N3O4S. The Morgan fingerprint density at radius 3 is 2.57 bits per heavy atom. The van der Waals surface area contributed by atoms with Crippen molar-refractivity contribution in [1.29, 1.82) is 0 Å². The van der Waals surface area contributed by atoms with E-state index in [1.165, 1.54) is 22.6 Å². The number of nitrogens with one attached hydrogen (secondary N) is 1. The molecule has 3 fully saturated rings. The van der Waals surface area contributed by atoms with E-state index in [9.17, 15) is 18.3 Å². The van der Waals surface area contributed by atoms with Crippen molar-refractivity contribution in [1.82, 2.24) is 9.29 Å². The number of sulfonamides is 1. The van der Waals surface area contributed by atoms with Gasteiger partial charge in [0.1, 0.15) is 5.69 Å². The highest BCUT2D eigenvalue weighted by atomic mass is 32.2. The summed E-state index contributed by atoms with van der Waals surface area (Å²) in [5.74, 6) is 0.536. The lowest BCUT2D eigenvalue weighted by Gasteiger charge is -2.28. The van der Waals surface area contributed by atoms with E-state index in [-0.39, 0.29) is 34.4 Å². The maximum absolute atomic E-state index is 13.2. The summed E-state index contributed by atoms with van der Waals surface area (Å²) < 4.78 is 27.8. The van der Waals surface area contributed by atoms with E-state index in [1.807, 2.05) is 0 Å². The first-order valence-corrected chi connectivity index (χ1v) is 10.9. The number of hydrogen-bond acceptors (Lipinski definition) is 5. The molecule has 2 heterocycles. The maximum atomic E-state index is 13.2. The Balaban J connectivity index is 1.35. The van der Waals surface area contributed by atoms with Crippen LogP contribution in [0.3, 0.4) is 0 Å². The molecule has 2 aliphatic carbocycles. The minimum atomic E-state index is -3.68. The molecule has 2 saturated carbocycles. The van der Waals surface area contributed by atoms with Gasteiger partial charge < -0.3 is 10.4 Å². The Labute approximate surface area is 163 Å². The highest BCUT2D eigenvalue weighted by molar-refractivity contribution is 7.89. The molecule has 28 heavy (non-hydrogen) atoms. The number of benzene rings is 1. The molecule has 2 bridgehead atoms. The lowest BCUT2D eigenvalue weighted by Crippen LogP contribution is -2.43. The van der Waals surface area contributed by atoms with Gasteiger partial charge >= 0.3 is 0 Å². The molecule has 146 valence electrons. The second kappa shape index (κ2) is 6.37. The number of carbonyl (C=O) groups excluding carboxylic acids is 1. The molecule has 0 spiro atoms. The molecule has 8 heteroatoms.